The lowest BCUT2D eigenvalue weighted by molar-refractivity contribution is -0.0275. The number of anilines is 1. The van der Waals surface area contributed by atoms with Crippen molar-refractivity contribution in [2.45, 2.75) is 36.8 Å². The molecule has 1 aliphatic carbocycles. The minimum Gasteiger partial charge on any atom is -0.475 e. The first kappa shape index (κ1) is 19.8. The molecule has 2 atom stereocenters. The van der Waals surface area contributed by atoms with E-state index < -0.39 is 5.82 Å². The van der Waals surface area contributed by atoms with E-state index in [9.17, 15) is 4.39 Å². The van der Waals surface area contributed by atoms with Crippen molar-refractivity contribution in [2.24, 2.45) is 0 Å². The van der Waals surface area contributed by atoms with E-state index in [4.69, 9.17) is 26.1 Å². The molecule has 1 aromatic carbocycles. The molecule has 0 bridgehead atoms. The van der Waals surface area contributed by atoms with Gasteiger partial charge in [-0.05, 0) is 24.7 Å². The van der Waals surface area contributed by atoms with Crippen molar-refractivity contribution in [3.05, 3.63) is 46.9 Å². The Balaban J connectivity index is 1.50. The first-order valence-electron chi connectivity index (χ1n) is 9.81. The van der Waals surface area contributed by atoms with Crippen LogP contribution in [0.1, 0.15) is 18.4 Å². The summed E-state index contributed by atoms with van der Waals surface area (Å²) < 4.78 is 26.8. The van der Waals surface area contributed by atoms with Gasteiger partial charge in [0.05, 0.1) is 25.3 Å². The van der Waals surface area contributed by atoms with Crippen LogP contribution in [0, 0.1) is 5.82 Å². The van der Waals surface area contributed by atoms with Crippen LogP contribution in [0.25, 0.3) is 10.9 Å². The SMILES string of the molecule is CSc1nc2c3c(nc(Cl)c(F)c3n1)OCCN2C1CCC1OCc1ccccc1. The zero-order valence-electron chi connectivity index (χ0n) is 16.3. The molecule has 0 spiro atoms. The van der Waals surface area contributed by atoms with Gasteiger partial charge in [-0.3, -0.25) is 0 Å². The minimum atomic E-state index is -0.648. The molecule has 1 saturated carbocycles. The topological polar surface area (TPSA) is 60.4 Å². The molecule has 2 aliphatic rings. The molecule has 0 N–H and O–H groups in total. The monoisotopic (exact) mass is 446 g/mol. The Morgan fingerprint density at radius 2 is 2.07 bits per heavy atom. The van der Waals surface area contributed by atoms with Crippen molar-refractivity contribution in [2.75, 3.05) is 24.3 Å². The van der Waals surface area contributed by atoms with Crippen LogP contribution in [0.3, 0.4) is 0 Å². The van der Waals surface area contributed by atoms with E-state index in [1.807, 2.05) is 24.5 Å². The predicted molar refractivity (Wildman–Crippen MR) is 115 cm³/mol. The van der Waals surface area contributed by atoms with Crippen LogP contribution in [0.15, 0.2) is 35.5 Å². The molecule has 5 rings (SSSR count). The zero-order chi connectivity index (χ0) is 20.7. The maximum atomic E-state index is 14.8. The highest BCUT2D eigenvalue weighted by Gasteiger charge is 2.39. The van der Waals surface area contributed by atoms with Crippen LogP contribution in [0.5, 0.6) is 5.88 Å². The highest BCUT2D eigenvalue weighted by molar-refractivity contribution is 7.98. The van der Waals surface area contributed by atoms with Gasteiger partial charge in [-0.25, -0.2) is 14.4 Å². The third kappa shape index (κ3) is 3.46. The van der Waals surface area contributed by atoms with Crippen molar-refractivity contribution in [3.8, 4) is 5.88 Å². The van der Waals surface area contributed by atoms with E-state index in [0.29, 0.717) is 36.1 Å². The van der Waals surface area contributed by atoms with E-state index in [1.165, 1.54) is 11.8 Å². The third-order valence-corrected chi connectivity index (χ3v) is 6.38. The molecule has 30 heavy (non-hydrogen) atoms. The van der Waals surface area contributed by atoms with Crippen LogP contribution in [0.2, 0.25) is 5.15 Å². The average molecular weight is 447 g/mol. The van der Waals surface area contributed by atoms with Gasteiger partial charge in [-0.1, -0.05) is 53.7 Å². The van der Waals surface area contributed by atoms with E-state index in [0.717, 1.165) is 18.4 Å². The normalized spacial score (nSPS) is 20.6. The highest BCUT2D eigenvalue weighted by Crippen LogP contribution is 2.41. The third-order valence-electron chi connectivity index (χ3n) is 5.58. The molecule has 9 heteroatoms. The summed E-state index contributed by atoms with van der Waals surface area (Å²) in [5, 5.41) is 0.717. The van der Waals surface area contributed by atoms with E-state index in [-0.39, 0.29) is 28.7 Å². The van der Waals surface area contributed by atoms with Crippen LogP contribution in [0.4, 0.5) is 10.2 Å². The molecule has 2 aromatic heterocycles. The number of aromatic nitrogens is 3. The summed E-state index contributed by atoms with van der Waals surface area (Å²) in [6, 6.07) is 10.3. The smallest absolute Gasteiger partial charge is 0.228 e. The van der Waals surface area contributed by atoms with Gasteiger partial charge in [0.15, 0.2) is 16.1 Å². The number of rotatable bonds is 5. The van der Waals surface area contributed by atoms with Crippen molar-refractivity contribution >= 4 is 40.1 Å². The summed E-state index contributed by atoms with van der Waals surface area (Å²) in [5.41, 5.74) is 1.29. The standard InChI is InChI=1S/C21H20ClFN4O2S/c1-30-21-24-17-15-19(26-21)27(9-10-28-20(15)25-18(22)16(17)23)13-7-8-14(13)29-11-12-5-3-2-4-6-12/h2-6,13-14H,7-11H2,1H3. The minimum absolute atomic E-state index is 0.0691. The molecule has 6 nitrogen and oxygen atoms in total. The summed E-state index contributed by atoms with van der Waals surface area (Å²) in [5.74, 6) is 0.269. The number of benzene rings is 1. The van der Waals surface area contributed by atoms with Gasteiger partial charge in [0.1, 0.15) is 23.3 Å². The van der Waals surface area contributed by atoms with Crippen LogP contribution < -0.4 is 9.64 Å². The van der Waals surface area contributed by atoms with Crippen molar-refractivity contribution in [1.29, 1.82) is 0 Å². The van der Waals surface area contributed by atoms with Gasteiger partial charge in [0.2, 0.25) is 5.88 Å². The number of ether oxygens (including phenoxy) is 2. The van der Waals surface area contributed by atoms with E-state index >= 15 is 0 Å². The van der Waals surface area contributed by atoms with Crippen LogP contribution in [-0.2, 0) is 11.3 Å². The summed E-state index contributed by atoms with van der Waals surface area (Å²) >= 11 is 7.35. The number of pyridine rings is 1. The molecule has 2 unspecified atom stereocenters. The predicted octanol–water partition coefficient (Wildman–Crippen LogP) is 4.49. The Hall–Kier alpha value is -2.16. The molecular formula is C21H20ClFN4O2S. The van der Waals surface area contributed by atoms with Gasteiger partial charge in [0, 0.05) is 0 Å². The Kier molecular flexibility index (Phi) is 5.39. The largest absolute Gasteiger partial charge is 0.475 e. The van der Waals surface area contributed by atoms with Gasteiger partial charge in [0.25, 0.3) is 0 Å². The molecule has 156 valence electrons. The van der Waals surface area contributed by atoms with E-state index in [1.54, 1.807) is 0 Å². The second-order valence-electron chi connectivity index (χ2n) is 7.30. The quantitative estimate of drug-likeness (QED) is 0.325. The molecule has 0 saturated heterocycles. The van der Waals surface area contributed by atoms with Crippen LogP contribution in [-0.4, -0.2) is 46.5 Å². The number of hydrogen-bond donors (Lipinski definition) is 0. The molecular weight excluding hydrogens is 427 g/mol. The summed E-state index contributed by atoms with van der Waals surface area (Å²) in [7, 11) is 0. The fourth-order valence-electron chi connectivity index (χ4n) is 3.93. The summed E-state index contributed by atoms with van der Waals surface area (Å²) in [4.78, 5) is 15.3. The van der Waals surface area contributed by atoms with Gasteiger partial charge >= 0.3 is 0 Å². The Morgan fingerprint density at radius 1 is 1.23 bits per heavy atom. The molecule has 0 amide bonds. The highest BCUT2D eigenvalue weighted by atomic mass is 35.5. The molecule has 3 heterocycles. The molecule has 1 aliphatic heterocycles. The lowest BCUT2D eigenvalue weighted by Gasteiger charge is -2.44. The maximum Gasteiger partial charge on any atom is 0.228 e. The number of nitrogens with zero attached hydrogens (tertiary/aromatic N) is 4. The van der Waals surface area contributed by atoms with Crippen molar-refractivity contribution in [3.63, 3.8) is 0 Å². The fourth-order valence-corrected chi connectivity index (χ4v) is 4.46. The number of hydrogen-bond acceptors (Lipinski definition) is 7. The molecule has 1 fully saturated rings. The second-order valence-corrected chi connectivity index (χ2v) is 8.43. The van der Waals surface area contributed by atoms with Crippen molar-refractivity contribution < 1.29 is 13.9 Å². The lowest BCUT2D eigenvalue weighted by Crippen LogP contribution is -2.53. The summed E-state index contributed by atoms with van der Waals surface area (Å²) in [6.07, 6.45) is 3.87. The summed E-state index contributed by atoms with van der Waals surface area (Å²) in [6.45, 7) is 1.56. The lowest BCUT2D eigenvalue weighted by atomic mass is 9.87. The van der Waals surface area contributed by atoms with Gasteiger partial charge in [-0.15, -0.1) is 0 Å². The van der Waals surface area contributed by atoms with Crippen LogP contribution >= 0.6 is 23.4 Å². The van der Waals surface area contributed by atoms with Gasteiger partial charge < -0.3 is 14.4 Å². The second kappa shape index (κ2) is 8.17. The molecule has 0 radical (unpaired) electrons. The zero-order valence-corrected chi connectivity index (χ0v) is 17.9. The maximum absolute atomic E-state index is 14.8. The Morgan fingerprint density at radius 3 is 2.80 bits per heavy atom. The number of halogens is 2. The average Bonchev–Trinajstić information content (AvgIpc) is 2.92. The fraction of sp³-hybridized carbons (Fsp3) is 0.381. The Bertz CT molecular complexity index is 1090. The van der Waals surface area contributed by atoms with Crippen molar-refractivity contribution in [1.82, 2.24) is 15.0 Å². The van der Waals surface area contributed by atoms with E-state index in [2.05, 4.69) is 27.0 Å². The molecule has 3 aromatic rings. The number of thioether (sulfide) groups is 1. The van der Waals surface area contributed by atoms with Gasteiger partial charge in [-0.2, -0.15) is 4.98 Å². The Labute approximate surface area is 182 Å². The first-order chi connectivity index (χ1) is 14.7. The first-order valence-corrected chi connectivity index (χ1v) is 11.4.